The number of Topliss-reactive ketones (excluding diaryl/α,β-unsaturated/α-hetero) is 1. The van der Waals surface area contributed by atoms with Gasteiger partial charge in [-0.3, -0.25) is 9.69 Å². The number of ether oxygens (including phenoxy) is 1. The Balaban J connectivity index is 2.19. The van der Waals surface area contributed by atoms with Crippen molar-refractivity contribution in [2.24, 2.45) is 0 Å². The number of likely N-dealkylation sites (tertiary alicyclic amines) is 1. The van der Waals surface area contributed by atoms with Crippen LogP contribution in [-0.2, 0) is 0 Å². The molecule has 4 heteroatoms. The summed E-state index contributed by atoms with van der Waals surface area (Å²) in [6.45, 7) is 7.81. The van der Waals surface area contributed by atoms with Crippen molar-refractivity contribution in [3.05, 3.63) is 23.8 Å². The lowest BCUT2D eigenvalue weighted by atomic mass is 9.94. The van der Waals surface area contributed by atoms with Crippen molar-refractivity contribution < 1.29 is 9.53 Å². The van der Waals surface area contributed by atoms with Gasteiger partial charge in [0, 0.05) is 11.6 Å². The molecule has 1 saturated heterocycles. The highest BCUT2D eigenvalue weighted by atomic mass is 16.5. The maximum Gasteiger partial charge on any atom is 0.180 e. The van der Waals surface area contributed by atoms with Gasteiger partial charge in [-0.1, -0.05) is 13.3 Å². The van der Waals surface area contributed by atoms with Gasteiger partial charge in [0.05, 0.1) is 18.3 Å². The van der Waals surface area contributed by atoms with Crippen LogP contribution in [0.3, 0.4) is 0 Å². The number of rotatable bonds is 6. The molecule has 0 aromatic heterocycles. The highest BCUT2D eigenvalue weighted by Gasteiger charge is 2.30. The smallest absolute Gasteiger partial charge is 0.180 e. The normalized spacial score (nSPS) is 20.6. The van der Waals surface area contributed by atoms with Crippen LogP contribution >= 0.6 is 0 Å². The Morgan fingerprint density at radius 1 is 1.41 bits per heavy atom. The molecule has 2 atom stereocenters. The molecule has 2 unspecified atom stereocenters. The first-order valence-electron chi connectivity index (χ1n) is 8.40. The van der Waals surface area contributed by atoms with Crippen molar-refractivity contribution in [2.75, 3.05) is 18.9 Å². The largest absolute Gasteiger partial charge is 0.492 e. The van der Waals surface area contributed by atoms with E-state index in [1.807, 2.05) is 13.0 Å². The van der Waals surface area contributed by atoms with Gasteiger partial charge < -0.3 is 10.5 Å². The summed E-state index contributed by atoms with van der Waals surface area (Å²) in [5.41, 5.74) is 7.22. The highest BCUT2D eigenvalue weighted by molar-refractivity contribution is 6.01. The van der Waals surface area contributed by atoms with Gasteiger partial charge in [-0.05, 0) is 57.9 Å². The predicted octanol–water partition coefficient (Wildman–Crippen LogP) is 3.50. The Morgan fingerprint density at radius 3 is 2.77 bits per heavy atom. The molecule has 4 nitrogen and oxygen atoms in total. The maximum absolute atomic E-state index is 12.9. The van der Waals surface area contributed by atoms with Crippen molar-refractivity contribution in [3.63, 3.8) is 0 Å². The third-order valence-corrected chi connectivity index (χ3v) is 4.54. The lowest BCUT2D eigenvalue weighted by Gasteiger charge is -2.38. The summed E-state index contributed by atoms with van der Waals surface area (Å²) in [5.74, 6) is 0.824. The molecule has 1 fully saturated rings. The second-order valence-electron chi connectivity index (χ2n) is 6.06. The van der Waals surface area contributed by atoms with Gasteiger partial charge >= 0.3 is 0 Å². The Labute approximate surface area is 133 Å². The van der Waals surface area contributed by atoms with Crippen LogP contribution in [-0.4, -0.2) is 35.9 Å². The molecule has 1 aromatic rings. The first-order valence-corrected chi connectivity index (χ1v) is 8.40. The number of nitrogens with zero attached hydrogens (tertiary/aromatic N) is 1. The molecule has 1 aliphatic rings. The molecular weight excluding hydrogens is 276 g/mol. The summed E-state index contributed by atoms with van der Waals surface area (Å²) < 4.78 is 5.44. The van der Waals surface area contributed by atoms with E-state index in [9.17, 15) is 4.79 Å². The van der Waals surface area contributed by atoms with Crippen LogP contribution in [0.5, 0.6) is 5.75 Å². The number of anilines is 1. The molecule has 122 valence electrons. The standard InChI is InChI=1S/C18H28N2O2/c1-4-16(20-11-7-6-8-13(20)3)18(21)14-9-10-17(22-5-2)15(19)12-14/h9-10,12-13,16H,4-8,11,19H2,1-3H3. The quantitative estimate of drug-likeness (QED) is 0.645. The van der Waals surface area contributed by atoms with Crippen molar-refractivity contribution in [1.29, 1.82) is 0 Å². The van der Waals surface area contributed by atoms with Crippen molar-refractivity contribution >= 4 is 11.5 Å². The first kappa shape index (κ1) is 16.8. The molecule has 0 bridgehead atoms. The van der Waals surface area contributed by atoms with E-state index < -0.39 is 0 Å². The van der Waals surface area contributed by atoms with Gasteiger partial charge in [-0.25, -0.2) is 0 Å². The van der Waals surface area contributed by atoms with Crippen molar-refractivity contribution in [3.8, 4) is 5.75 Å². The van der Waals surface area contributed by atoms with Gasteiger partial charge in [0.25, 0.3) is 0 Å². The SMILES string of the molecule is CCOc1ccc(C(=O)C(CC)N2CCCCC2C)cc1N. The van der Waals surface area contributed by atoms with E-state index in [-0.39, 0.29) is 11.8 Å². The Hall–Kier alpha value is -1.55. The lowest BCUT2D eigenvalue weighted by Crippen LogP contribution is -2.48. The fourth-order valence-electron chi connectivity index (χ4n) is 3.33. The minimum Gasteiger partial charge on any atom is -0.492 e. The molecule has 22 heavy (non-hydrogen) atoms. The number of benzene rings is 1. The van der Waals surface area contributed by atoms with Crippen LogP contribution in [0.2, 0.25) is 0 Å². The Bertz CT molecular complexity index is 516. The molecule has 2 rings (SSSR count). The molecule has 1 aromatic carbocycles. The van der Waals surface area contributed by atoms with Crippen LogP contribution in [0.15, 0.2) is 18.2 Å². The zero-order valence-electron chi connectivity index (χ0n) is 14.0. The van der Waals surface area contributed by atoms with Crippen molar-refractivity contribution in [1.82, 2.24) is 4.90 Å². The number of piperidine rings is 1. The summed E-state index contributed by atoms with van der Waals surface area (Å²) in [4.78, 5) is 15.3. The maximum atomic E-state index is 12.9. The third-order valence-electron chi connectivity index (χ3n) is 4.54. The summed E-state index contributed by atoms with van der Waals surface area (Å²) in [7, 11) is 0. The number of carbonyl (C=O) groups is 1. The van der Waals surface area contributed by atoms with Crippen LogP contribution < -0.4 is 10.5 Å². The fraction of sp³-hybridized carbons (Fsp3) is 0.611. The number of hydrogen-bond acceptors (Lipinski definition) is 4. The van der Waals surface area contributed by atoms with Crippen LogP contribution in [0, 0.1) is 0 Å². The third kappa shape index (κ3) is 3.61. The van der Waals surface area contributed by atoms with E-state index >= 15 is 0 Å². The molecule has 0 radical (unpaired) electrons. The zero-order chi connectivity index (χ0) is 16.1. The van der Waals surface area contributed by atoms with Crippen molar-refractivity contribution in [2.45, 2.75) is 58.5 Å². The van der Waals surface area contributed by atoms with Crippen LogP contribution in [0.4, 0.5) is 5.69 Å². The lowest BCUT2D eigenvalue weighted by molar-refractivity contribution is 0.0655. The molecule has 2 N–H and O–H groups in total. The zero-order valence-corrected chi connectivity index (χ0v) is 14.0. The fourth-order valence-corrected chi connectivity index (χ4v) is 3.33. The minimum atomic E-state index is -0.0485. The average Bonchev–Trinajstić information content (AvgIpc) is 2.52. The minimum absolute atomic E-state index is 0.0485. The summed E-state index contributed by atoms with van der Waals surface area (Å²) in [6, 6.07) is 5.82. The number of nitrogens with two attached hydrogens (primary N) is 1. The van der Waals surface area contributed by atoms with Gasteiger partial charge in [-0.15, -0.1) is 0 Å². The monoisotopic (exact) mass is 304 g/mol. The van der Waals surface area contributed by atoms with E-state index in [1.165, 1.54) is 19.3 Å². The van der Waals surface area contributed by atoms with Gasteiger partial charge in [-0.2, -0.15) is 0 Å². The van der Waals surface area contributed by atoms with Gasteiger partial charge in [0.1, 0.15) is 5.75 Å². The van der Waals surface area contributed by atoms with Crippen LogP contribution in [0.1, 0.15) is 56.8 Å². The molecule has 0 spiro atoms. The Morgan fingerprint density at radius 2 is 2.18 bits per heavy atom. The number of hydrogen-bond donors (Lipinski definition) is 1. The highest BCUT2D eigenvalue weighted by Crippen LogP contribution is 2.26. The number of carbonyl (C=O) groups excluding carboxylic acids is 1. The van der Waals surface area contributed by atoms with Gasteiger partial charge in [0.2, 0.25) is 0 Å². The van der Waals surface area contributed by atoms with E-state index in [1.54, 1.807) is 12.1 Å². The van der Waals surface area contributed by atoms with E-state index in [4.69, 9.17) is 10.5 Å². The molecule has 1 heterocycles. The number of nitrogen functional groups attached to an aromatic ring is 1. The molecule has 0 aliphatic carbocycles. The molecule has 0 saturated carbocycles. The number of ketones is 1. The first-order chi connectivity index (χ1) is 10.6. The predicted molar refractivity (Wildman–Crippen MR) is 90.5 cm³/mol. The van der Waals surface area contributed by atoms with E-state index in [2.05, 4.69) is 18.7 Å². The second-order valence-corrected chi connectivity index (χ2v) is 6.06. The second kappa shape index (κ2) is 7.63. The topological polar surface area (TPSA) is 55.6 Å². The molecule has 1 aliphatic heterocycles. The Kier molecular flexibility index (Phi) is 5.83. The average molecular weight is 304 g/mol. The summed E-state index contributed by atoms with van der Waals surface area (Å²) >= 11 is 0. The molecular formula is C18H28N2O2. The van der Waals surface area contributed by atoms with E-state index in [0.29, 0.717) is 29.6 Å². The summed E-state index contributed by atoms with van der Waals surface area (Å²) in [5, 5.41) is 0. The van der Waals surface area contributed by atoms with E-state index in [0.717, 1.165) is 13.0 Å². The van der Waals surface area contributed by atoms with Crippen LogP contribution in [0.25, 0.3) is 0 Å². The van der Waals surface area contributed by atoms with Gasteiger partial charge in [0.15, 0.2) is 5.78 Å². The summed E-state index contributed by atoms with van der Waals surface area (Å²) in [6.07, 6.45) is 4.45. The molecule has 0 amide bonds.